The molecule has 1 N–H and O–H groups in total. The van der Waals surface area contributed by atoms with E-state index in [-0.39, 0.29) is 32.9 Å². The number of methoxy groups -OCH3 is 1. The molecular weight excluding hydrogens is 402 g/mol. The van der Waals surface area contributed by atoms with Gasteiger partial charge in [-0.3, -0.25) is 10.1 Å². The molecule has 0 aliphatic rings. The van der Waals surface area contributed by atoms with Crippen LogP contribution in [0.3, 0.4) is 0 Å². The summed E-state index contributed by atoms with van der Waals surface area (Å²) in [5, 5.41) is 28.4. The number of rotatable bonds is 8. The lowest BCUT2D eigenvalue weighted by molar-refractivity contribution is -0.384. The van der Waals surface area contributed by atoms with Crippen LogP contribution in [0.5, 0.6) is 5.75 Å². The SMILES string of the molecule is CCc1nnc(S/C(=C\c2ccc(-c3ccc(OC)cc3[N+](=O)[O-])o2)C(=O)O)o1. The fourth-order valence-electron chi connectivity index (χ4n) is 2.35. The van der Waals surface area contributed by atoms with E-state index in [1.807, 2.05) is 6.92 Å². The van der Waals surface area contributed by atoms with Gasteiger partial charge in [0.25, 0.3) is 10.9 Å². The Hall–Kier alpha value is -3.60. The smallest absolute Gasteiger partial charge is 0.342 e. The van der Waals surface area contributed by atoms with E-state index in [1.54, 1.807) is 6.07 Å². The first-order valence-corrected chi connectivity index (χ1v) is 9.10. The molecule has 1 aromatic carbocycles. The molecule has 150 valence electrons. The molecule has 3 aromatic rings. The molecule has 2 aromatic heterocycles. The first kappa shape index (κ1) is 20.1. The van der Waals surface area contributed by atoms with Crippen molar-refractivity contribution in [1.29, 1.82) is 0 Å². The minimum atomic E-state index is -1.21. The van der Waals surface area contributed by atoms with E-state index in [0.717, 1.165) is 11.8 Å². The highest BCUT2D eigenvalue weighted by atomic mass is 32.2. The number of nitrogens with zero attached hydrogens (tertiary/aromatic N) is 3. The van der Waals surface area contributed by atoms with E-state index in [0.29, 0.717) is 18.1 Å². The zero-order chi connectivity index (χ0) is 21.0. The molecule has 11 heteroatoms. The number of carbonyl (C=O) groups is 1. The van der Waals surface area contributed by atoms with Gasteiger partial charge < -0.3 is 18.7 Å². The fraction of sp³-hybridized carbons (Fsp3) is 0.167. The number of nitro benzene ring substituents is 1. The van der Waals surface area contributed by atoms with Crippen LogP contribution in [0.2, 0.25) is 0 Å². The van der Waals surface area contributed by atoms with Crippen LogP contribution in [0.1, 0.15) is 18.6 Å². The number of hydrogen-bond donors (Lipinski definition) is 1. The van der Waals surface area contributed by atoms with E-state index >= 15 is 0 Å². The van der Waals surface area contributed by atoms with Crippen LogP contribution in [-0.2, 0) is 11.2 Å². The van der Waals surface area contributed by atoms with Gasteiger partial charge in [0.2, 0.25) is 5.89 Å². The summed E-state index contributed by atoms with van der Waals surface area (Å²) in [5.41, 5.74) is 0.0458. The quantitative estimate of drug-likeness (QED) is 0.247. The molecule has 0 aliphatic carbocycles. The zero-order valence-electron chi connectivity index (χ0n) is 15.3. The molecule has 10 nitrogen and oxygen atoms in total. The number of aliphatic carboxylic acids is 1. The highest BCUT2D eigenvalue weighted by Gasteiger charge is 2.20. The van der Waals surface area contributed by atoms with Gasteiger partial charge in [0.05, 0.1) is 23.7 Å². The Kier molecular flexibility index (Phi) is 5.98. The Bertz CT molecular complexity index is 1090. The Morgan fingerprint density at radius 3 is 2.72 bits per heavy atom. The normalized spacial score (nSPS) is 11.4. The van der Waals surface area contributed by atoms with Crippen molar-refractivity contribution in [3.8, 4) is 17.1 Å². The molecule has 29 heavy (non-hydrogen) atoms. The monoisotopic (exact) mass is 417 g/mol. The number of thioether (sulfide) groups is 1. The molecule has 2 heterocycles. The first-order chi connectivity index (χ1) is 13.9. The summed E-state index contributed by atoms with van der Waals surface area (Å²) in [4.78, 5) is 22.3. The van der Waals surface area contributed by atoms with Crippen molar-refractivity contribution in [2.75, 3.05) is 7.11 Å². The van der Waals surface area contributed by atoms with E-state index in [4.69, 9.17) is 13.6 Å². The summed E-state index contributed by atoms with van der Waals surface area (Å²) in [6.07, 6.45) is 1.81. The van der Waals surface area contributed by atoms with E-state index < -0.39 is 10.9 Å². The number of hydrogen-bond acceptors (Lipinski definition) is 9. The van der Waals surface area contributed by atoms with Gasteiger partial charge in [-0.25, -0.2) is 4.79 Å². The summed E-state index contributed by atoms with van der Waals surface area (Å²) < 4.78 is 15.9. The number of ether oxygens (including phenoxy) is 1. The van der Waals surface area contributed by atoms with Gasteiger partial charge in [-0.15, -0.1) is 10.2 Å². The van der Waals surface area contributed by atoms with Gasteiger partial charge in [0, 0.05) is 12.5 Å². The lowest BCUT2D eigenvalue weighted by Crippen LogP contribution is -1.96. The second-order valence-corrected chi connectivity index (χ2v) is 6.57. The maximum Gasteiger partial charge on any atom is 0.342 e. The summed E-state index contributed by atoms with van der Waals surface area (Å²) in [6.45, 7) is 1.83. The van der Waals surface area contributed by atoms with Crippen LogP contribution in [-0.4, -0.2) is 33.3 Å². The molecule has 0 bridgehead atoms. The van der Waals surface area contributed by atoms with E-state index in [1.165, 1.54) is 37.5 Å². The number of furan rings is 1. The molecule has 0 amide bonds. The highest BCUT2D eigenvalue weighted by Crippen LogP contribution is 2.35. The lowest BCUT2D eigenvalue weighted by atomic mass is 10.1. The maximum absolute atomic E-state index is 11.6. The van der Waals surface area contributed by atoms with Gasteiger partial charge in [-0.1, -0.05) is 6.92 Å². The molecule has 0 fully saturated rings. The number of carboxylic acid groups (broad SMARTS) is 1. The molecule has 0 atom stereocenters. The predicted octanol–water partition coefficient (Wildman–Crippen LogP) is 4.03. The molecule has 0 saturated heterocycles. The molecule has 0 radical (unpaired) electrons. The molecule has 0 aliphatic heterocycles. The van der Waals surface area contributed by atoms with Crippen LogP contribution in [0.15, 0.2) is 49.3 Å². The Balaban J connectivity index is 1.91. The van der Waals surface area contributed by atoms with Crippen LogP contribution in [0.25, 0.3) is 17.4 Å². The van der Waals surface area contributed by atoms with Crippen LogP contribution in [0, 0.1) is 10.1 Å². The van der Waals surface area contributed by atoms with Gasteiger partial charge in [0.15, 0.2) is 0 Å². The van der Waals surface area contributed by atoms with Crippen molar-refractivity contribution in [2.24, 2.45) is 0 Å². The average molecular weight is 417 g/mol. The summed E-state index contributed by atoms with van der Waals surface area (Å²) in [6, 6.07) is 7.39. The summed E-state index contributed by atoms with van der Waals surface area (Å²) >= 11 is 0.782. The van der Waals surface area contributed by atoms with E-state index in [9.17, 15) is 20.0 Å². The first-order valence-electron chi connectivity index (χ1n) is 8.29. The number of aryl methyl sites for hydroxylation is 1. The zero-order valence-corrected chi connectivity index (χ0v) is 16.1. The van der Waals surface area contributed by atoms with Gasteiger partial charge in [0.1, 0.15) is 22.2 Å². The number of aromatic nitrogens is 2. The van der Waals surface area contributed by atoms with E-state index in [2.05, 4.69) is 10.2 Å². The van der Waals surface area contributed by atoms with Crippen LogP contribution in [0.4, 0.5) is 5.69 Å². The minimum Gasteiger partial charge on any atom is -0.497 e. The fourth-order valence-corrected chi connectivity index (χ4v) is 3.02. The predicted molar refractivity (Wildman–Crippen MR) is 102 cm³/mol. The van der Waals surface area contributed by atoms with Crippen molar-refractivity contribution in [1.82, 2.24) is 10.2 Å². The van der Waals surface area contributed by atoms with Gasteiger partial charge >= 0.3 is 5.97 Å². The molecule has 3 rings (SSSR count). The van der Waals surface area contributed by atoms with Crippen molar-refractivity contribution < 1.29 is 28.4 Å². The van der Waals surface area contributed by atoms with Crippen LogP contribution >= 0.6 is 11.8 Å². The maximum atomic E-state index is 11.6. The minimum absolute atomic E-state index is 0.0908. The number of nitro groups is 1. The van der Waals surface area contributed by atoms with Gasteiger partial charge in [-0.2, -0.15) is 0 Å². The second-order valence-electron chi connectivity index (χ2n) is 5.57. The van der Waals surface area contributed by atoms with Crippen molar-refractivity contribution in [2.45, 2.75) is 18.6 Å². The van der Waals surface area contributed by atoms with Crippen LogP contribution < -0.4 is 4.74 Å². The molecule has 0 unspecified atom stereocenters. The Morgan fingerprint density at radius 2 is 2.10 bits per heavy atom. The standard InChI is InChI=1S/C18H15N3O7S/c1-3-16-19-20-18(28-16)29-15(17(22)23)9-11-5-7-14(27-11)12-6-4-10(26-2)8-13(12)21(24)25/h4-9H,3H2,1-2H3,(H,22,23)/b15-9-. The third-order valence-electron chi connectivity index (χ3n) is 3.73. The molecule has 0 spiro atoms. The highest BCUT2D eigenvalue weighted by molar-refractivity contribution is 8.03. The third-order valence-corrected chi connectivity index (χ3v) is 4.58. The summed E-state index contributed by atoms with van der Waals surface area (Å²) in [7, 11) is 1.41. The second kappa shape index (κ2) is 8.61. The molecular formula is C18H15N3O7S. The Morgan fingerprint density at radius 1 is 1.31 bits per heavy atom. The Labute approximate surface area is 168 Å². The van der Waals surface area contributed by atoms with Gasteiger partial charge in [-0.05, 0) is 36.0 Å². The molecule has 0 saturated carbocycles. The van der Waals surface area contributed by atoms with Crippen molar-refractivity contribution in [3.05, 3.63) is 57.0 Å². The third kappa shape index (κ3) is 4.63. The number of carboxylic acids is 1. The lowest BCUT2D eigenvalue weighted by Gasteiger charge is -2.03. The average Bonchev–Trinajstić information content (AvgIpc) is 3.36. The number of benzene rings is 1. The topological polar surface area (TPSA) is 142 Å². The largest absolute Gasteiger partial charge is 0.497 e. The van der Waals surface area contributed by atoms with Crippen molar-refractivity contribution in [3.63, 3.8) is 0 Å². The summed E-state index contributed by atoms with van der Waals surface area (Å²) in [5.74, 6) is -0.0664. The van der Waals surface area contributed by atoms with Crippen molar-refractivity contribution >= 4 is 29.5 Å².